The molecule has 3 N–H and O–H groups in total. The molecule has 0 bridgehead atoms. The molecule has 0 rings (SSSR count). The van der Waals surface area contributed by atoms with Gasteiger partial charge in [0, 0.05) is 6.42 Å². The predicted molar refractivity (Wildman–Crippen MR) is 183 cm³/mol. The molecule has 0 spiro atoms. The minimum absolute atomic E-state index is 0.0959. The number of carbonyl (C=O) groups is 1. The molecular formula is C38H63NO3. The summed E-state index contributed by atoms with van der Waals surface area (Å²) >= 11 is 0. The van der Waals surface area contributed by atoms with Crippen LogP contribution in [0.5, 0.6) is 0 Å². The first-order chi connectivity index (χ1) is 20.7. The molecule has 0 fully saturated rings. The van der Waals surface area contributed by atoms with Crippen LogP contribution >= 0.6 is 0 Å². The summed E-state index contributed by atoms with van der Waals surface area (Å²) in [6, 6.07) is -0.651. The van der Waals surface area contributed by atoms with Gasteiger partial charge >= 0.3 is 0 Å². The second-order valence-electron chi connectivity index (χ2n) is 10.8. The summed E-state index contributed by atoms with van der Waals surface area (Å²) < 4.78 is 0. The monoisotopic (exact) mass is 581 g/mol. The third-order valence-electron chi connectivity index (χ3n) is 6.93. The third kappa shape index (κ3) is 29.1. The van der Waals surface area contributed by atoms with Gasteiger partial charge in [-0.15, -0.1) is 0 Å². The lowest BCUT2D eigenvalue weighted by Gasteiger charge is -2.19. The molecule has 4 nitrogen and oxygen atoms in total. The Kier molecular flexibility index (Phi) is 31.2. The van der Waals surface area contributed by atoms with Crippen molar-refractivity contribution in [1.29, 1.82) is 0 Å². The quantitative estimate of drug-likeness (QED) is 0.0636. The molecule has 0 heterocycles. The number of hydrogen-bond acceptors (Lipinski definition) is 3. The molecule has 0 aliphatic heterocycles. The molecule has 0 aromatic carbocycles. The summed E-state index contributed by atoms with van der Waals surface area (Å²) in [6.07, 6.45) is 48.2. The summed E-state index contributed by atoms with van der Waals surface area (Å²) in [7, 11) is 0. The van der Waals surface area contributed by atoms with Gasteiger partial charge in [-0.05, 0) is 77.6 Å². The summed E-state index contributed by atoms with van der Waals surface area (Å²) in [5.74, 6) is -0.0959. The topological polar surface area (TPSA) is 69.6 Å². The number of hydrogen-bond donors (Lipinski definition) is 3. The van der Waals surface area contributed by atoms with E-state index in [0.717, 1.165) is 70.6 Å². The Hall–Kier alpha value is -2.43. The fraction of sp³-hybridized carbons (Fsp3) is 0.605. The molecule has 4 heteroatoms. The van der Waals surface area contributed by atoms with Gasteiger partial charge in [0.15, 0.2) is 0 Å². The van der Waals surface area contributed by atoms with Crippen molar-refractivity contribution >= 4 is 5.91 Å². The molecule has 2 atom stereocenters. The maximum atomic E-state index is 12.3. The lowest BCUT2D eigenvalue weighted by Crippen LogP contribution is -2.45. The standard InChI is InChI=1S/C38H63NO3/c1-3-5-7-9-11-13-14-15-16-17-18-19-20-21-22-23-24-26-28-30-32-34-38(42)39-36(35-40)37(41)33-31-29-27-25-12-10-8-6-4-2/h4-7,11-13,15-16,18-19,25,31,33,36-37,40-41H,3,8-10,14,17,20-24,26-30,32,34-35H2,1-2H3,(H,39,42)/b6-4+,7-5-,13-11-,16-15-,19-18-,25-12+,33-31+. The fourth-order valence-electron chi connectivity index (χ4n) is 4.38. The largest absolute Gasteiger partial charge is 0.394 e. The number of unbranched alkanes of at least 4 members (excludes halogenated alkanes) is 10. The summed E-state index contributed by atoms with van der Waals surface area (Å²) in [6.45, 7) is 3.91. The average Bonchev–Trinajstić information content (AvgIpc) is 2.99. The summed E-state index contributed by atoms with van der Waals surface area (Å²) in [5, 5.41) is 22.7. The first-order valence-corrected chi connectivity index (χ1v) is 16.8. The molecule has 0 aromatic rings. The van der Waals surface area contributed by atoms with Gasteiger partial charge in [-0.3, -0.25) is 4.79 Å². The van der Waals surface area contributed by atoms with Crippen LogP contribution in [-0.2, 0) is 4.79 Å². The van der Waals surface area contributed by atoms with E-state index in [4.69, 9.17) is 0 Å². The third-order valence-corrected chi connectivity index (χ3v) is 6.93. The highest BCUT2D eigenvalue weighted by molar-refractivity contribution is 5.76. The number of carbonyl (C=O) groups excluding carboxylic acids is 1. The van der Waals surface area contributed by atoms with Gasteiger partial charge in [-0.1, -0.05) is 131 Å². The molecule has 0 aliphatic carbocycles. The molecule has 42 heavy (non-hydrogen) atoms. The van der Waals surface area contributed by atoms with E-state index in [0.29, 0.717) is 6.42 Å². The van der Waals surface area contributed by atoms with Crippen LogP contribution in [0.25, 0.3) is 0 Å². The van der Waals surface area contributed by atoms with Gasteiger partial charge in [-0.2, -0.15) is 0 Å². The van der Waals surface area contributed by atoms with Crippen LogP contribution in [0.15, 0.2) is 85.1 Å². The van der Waals surface area contributed by atoms with E-state index in [2.05, 4.69) is 85.2 Å². The molecule has 0 saturated carbocycles. The molecule has 0 aromatic heterocycles. The molecule has 2 unspecified atom stereocenters. The van der Waals surface area contributed by atoms with Gasteiger partial charge in [0.2, 0.25) is 5.91 Å². The van der Waals surface area contributed by atoms with Crippen molar-refractivity contribution in [3.05, 3.63) is 85.1 Å². The second kappa shape index (κ2) is 33.1. The van der Waals surface area contributed by atoms with Crippen LogP contribution in [0, 0.1) is 0 Å². The minimum Gasteiger partial charge on any atom is -0.394 e. The van der Waals surface area contributed by atoms with Crippen LogP contribution in [0.3, 0.4) is 0 Å². The number of aliphatic hydroxyl groups excluding tert-OH is 2. The van der Waals surface area contributed by atoms with Crippen LogP contribution in [-0.4, -0.2) is 34.9 Å². The average molecular weight is 582 g/mol. The first kappa shape index (κ1) is 39.6. The van der Waals surface area contributed by atoms with Crippen LogP contribution in [0.1, 0.15) is 129 Å². The van der Waals surface area contributed by atoms with Crippen LogP contribution in [0.4, 0.5) is 0 Å². The Bertz CT molecular complexity index is 803. The van der Waals surface area contributed by atoms with E-state index >= 15 is 0 Å². The van der Waals surface area contributed by atoms with Crippen molar-refractivity contribution in [2.24, 2.45) is 0 Å². The maximum Gasteiger partial charge on any atom is 0.220 e. The van der Waals surface area contributed by atoms with Crippen molar-refractivity contribution in [1.82, 2.24) is 5.32 Å². The van der Waals surface area contributed by atoms with E-state index in [1.165, 1.54) is 38.5 Å². The SMILES string of the molecule is C/C=C/CC/C=C/CC/C=C/C(O)C(CO)NC(=O)CCCCCCCCCC/C=C\C/C=C\C/C=C\C/C=C\CC. The highest BCUT2D eigenvalue weighted by Crippen LogP contribution is 2.11. The Morgan fingerprint density at radius 3 is 1.67 bits per heavy atom. The normalized spacial score (nSPS) is 14.3. The van der Waals surface area contributed by atoms with Crippen molar-refractivity contribution in [2.75, 3.05) is 6.61 Å². The zero-order chi connectivity index (χ0) is 30.8. The number of allylic oxidation sites excluding steroid dienone is 13. The summed E-state index contributed by atoms with van der Waals surface area (Å²) in [5.41, 5.74) is 0. The Balaban J connectivity index is 3.69. The number of aliphatic hydroxyl groups is 2. The smallest absolute Gasteiger partial charge is 0.220 e. The Labute approximate surface area is 259 Å². The highest BCUT2D eigenvalue weighted by Gasteiger charge is 2.17. The van der Waals surface area contributed by atoms with Crippen LogP contribution < -0.4 is 5.32 Å². The van der Waals surface area contributed by atoms with Gasteiger partial charge in [0.25, 0.3) is 0 Å². The van der Waals surface area contributed by atoms with E-state index in [1.807, 2.05) is 13.0 Å². The predicted octanol–water partition coefficient (Wildman–Crippen LogP) is 9.78. The van der Waals surface area contributed by atoms with E-state index < -0.39 is 12.1 Å². The lowest BCUT2D eigenvalue weighted by atomic mass is 10.1. The fourth-order valence-corrected chi connectivity index (χ4v) is 4.38. The number of rotatable bonds is 28. The van der Waals surface area contributed by atoms with Crippen molar-refractivity contribution in [3.8, 4) is 0 Å². The molecule has 0 radical (unpaired) electrons. The Morgan fingerprint density at radius 2 is 1.10 bits per heavy atom. The van der Waals surface area contributed by atoms with Crippen LogP contribution in [0.2, 0.25) is 0 Å². The lowest BCUT2D eigenvalue weighted by molar-refractivity contribution is -0.123. The second-order valence-corrected chi connectivity index (χ2v) is 10.8. The summed E-state index contributed by atoms with van der Waals surface area (Å²) in [4.78, 5) is 12.3. The van der Waals surface area contributed by atoms with Crippen molar-refractivity contribution in [3.63, 3.8) is 0 Å². The molecule has 1 amide bonds. The number of amides is 1. The van der Waals surface area contributed by atoms with Gasteiger partial charge < -0.3 is 15.5 Å². The molecule has 0 saturated heterocycles. The van der Waals surface area contributed by atoms with Gasteiger partial charge in [0.1, 0.15) is 0 Å². The minimum atomic E-state index is -0.875. The molecular weight excluding hydrogens is 518 g/mol. The van der Waals surface area contributed by atoms with Crippen molar-refractivity contribution < 1.29 is 15.0 Å². The number of nitrogens with one attached hydrogen (secondary N) is 1. The Morgan fingerprint density at radius 1 is 0.619 bits per heavy atom. The highest BCUT2D eigenvalue weighted by atomic mass is 16.3. The first-order valence-electron chi connectivity index (χ1n) is 16.8. The zero-order valence-corrected chi connectivity index (χ0v) is 27.0. The molecule has 0 aliphatic rings. The zero-order valence-electron chi connectivity index (χ0n) is 27.0. The van der Waals surface area contributed by atoms with Gasteiger partial charge in [-0.25, -0.2) is 0 Å². The maximum absolute atomic E-state index is 12.3. The van der Waals surface area contributed by atoms with E-state index in [-0.39, 0.29) is 12.5 Å². The van der Waals surface area contributed by atoms with Crippen molar-refractivity contribution in [2.45, 2.75) is 142 Å². The van der Waals surface area contributed by atoms with E-state index in [9.17, 15) is 15.0 Å². The molecule has 238 valence electrons. The van der Waals surface area contributed by atoms with E-state index in [1.54, 1.807) is 6.08 Å². The van der Waals surface area contributed by atoms with Gasteiger partial charge in [0.05, 0.1) is 18.8 Å².